The number of hydrazine groups is 1. The number of hydrogen-bond donors (Lipinski definition) is 2. The van der Waals surface area contributed by atoms with Gasteiger partial charge in [0.1, 0.15) is 6.61 Å². The lowest BCUT2D eigenvalue weighted by molar-refractivity contribution is -0.135. The number of carbonyl (C=O) groups is 2. The summed E-state index contributed by atoms with van der Waals surface area (Å²) in [7, 11) is 0. The number of para-hydroxylation sites is 2. The summed E-state index contributed by atoms with van der Waals surface area (Å²) in [6, 6.07) is 14.5. The molecule has 1 aliphatic rings. The molecule has 0 saturated heterocycles. The number of halogens is 1. The quantitative estimate of drug-likeness (QED) is 0.604. The Bertz CT molecular complexity index is 785. The van der Waals surface area contributed by atoms with Crippen molar-refractivity contribution in [2.75, 3.05) is 12.4 Å². The first-order valence-corrected chi connectivity index (χ1v) is 9.34. The van der Waals surface area contributed by atoms with Gasteiger partial charge in [0.05, 0.1) is 0 Å². The Morgan fingerprint density at radius 1 is 1.08 bits per heavy atom. The molecule has 0 unspecified atom stereocenters. The van der Waals surface area contributed by atoms with Crippen molar-refractivity contribution >= 4 is 35.2 Å². The van der Waals surface area contributed by atoms with Gasteiger partial charge in [0.15, 0.2) is 11.5 Å². The number of nitrogens with one attached hydrogen (secondary N) is 2. The van der Waals surface area contributed by atoms with Gasteiger partial charge in [0, 0.05) is 22.1 Å². The van der Waals surface area contributed by atoms with Gasteiger partial charge in [-0.05, 0) is 36.4 Å². The van der Waals surface area contributed by atoms with E-state index in [-0.39, 0.29) is 18.9 Å². The van der Waals surface area contributed by atoms with Crippen LogP contribution in [0.1, 0.15) is 6.42 Å². The molecule has 0 bridgehead atoms. The fourth-order valence-electron chi connectivity index (χ4n) is 2.22. The molecule has 0 radical (unpaired) electrons. The Labute approximate surface area is 160 Å². The van der Waals surface area contributed by atoms with E-state index >= 15 is 0 Å². The third-order valence-electron chi connectivity index (χ3n) is 3.54. The van der Waals surface area contributed by atoms with Gasteiger partial charge in [0.2, 0.25) is 12.0 Å². The molecule has 2 aromatic rings. The van der Waals surface area contributed by atoms with Gasteiger partial charge in [-0.15, -0.1) is 11.8 Å². The molecule has 1 heterocycles. The second kappa shape index (κ2) is 8.82. The molecule has 0 saturated carbocycles. The highest BCUT2D eigenvalue weighted by Gasteiger charge is 2.27. The minimum absolute atomic E-state index is 0.0884. The molecule has 2 aromatic carbocycles. The van der Waals surface area contributed by atoms with Crippen molar-refractivity contribution in [1.82, 2.24) is 10.9 Å². The largest absolute Gasteiger partial charge is 0.485 e. The van der Waals surface area contributed by atoms with E-state index in [0.29, 0.717) is 22.3 Å². The lowest BCUT2D eigenvalue weighted by Gasteiger charge is -2.25. The summed E-state index contributed by atoms with van der Waals surface area (Å²) in [4.78, 5) is 25.0. The molecule has 1 aliphatic heterocycles. The van der Waals surface area contributed by atoms with Gasteiger partial charge >= 0.3 is 0 Å². The number of rotatable bonds is 5. The van der Waals surface area contributed by atoms with Crippen LogP contribution in [-0.2, 0) is 9.59 Å². The molecule has 3 rings (SSSR count). The van der Waals surface area contributed by atoms with E-state index in [4.69, 9.17) is 21.1 Å². The molecule has 2 amide bonds. The lowest BCUT2D eigenvalue weighted by Crippen LogP contribution is -2.50. The highest BCUT2D eigenvalue weighted by atomic mass is 35.5. The van der Waals surface area contributed by atoms with Crippen LogP contribution in [0.15, 0.2) is 53.4 Å². The van der Waals surface area contributed by atoms with Gasteiger partial charge in [-0.3, -0.25) is 20.4 Å². The van der Waals surface area contributed by atoms with Gasteiger partial charge in [-0.2, -0.15) is 0 Å². The minimum atomic E-state index is -0.811. The smallest absolute Gasteiger partial charge is 0.283 e. The van der Waals surface area contributed by atoms with Crippen LogP contribution in [0.5, 0.6) is 11.5 Å². The Kier molecular flexibility index (Phi) is 6.25. The van der Waals surface area contributed by atoms with Crippen LogP contribution in [0.3, 0.4) is 0 Å². The zero-order chi connectivity index (χ0) is 18.4. The SMILES string of the molecule is O=C(CCSc1ccc(Cl)cc1)NNC(=O)[C@H]1COc2ccccc2O1. The first-order chi connectivity index (χ1) is 12.6. The van der Waals surface area contributed by atoms with Crippen molar-refractivity contribution in [3.8, 4) is 11.5 Å². The van der Waals surface area contributed by atoms with Crippen molar-refractivity contribution in [1.29, 1.82) is 0 Å². The lowest BCUT2D eigenvalue weighted by atomic mass is 10.2. The average molecular weight is 393 g/mol. The second-order valence-corrected chi connectivity index (χ2v) is 7.06. The normalized spacial score (nSPS) is 15.2. The zero-order valence-electron chi connectivity index (χ0n) is 13.7. The van der Waals surface area contributed by atoms with Crippen LogP contribution in [0.4, 0.5) is 0 Å². The summed E-state index contributed by atoms with van der Waals surface area (Å²) in [6.07, 6.45) is -0.549. The first-order valence-electron chi connectivity index (χ1n) is 7.97. The number of thioether (sulfide) groups is 1. The van der Waals surface area contributed by atoms with Gasteiger partial charge in [0.25, 0.3) is 5.91 Å². The fraction of sp³-hybridized carbons (Fsp3) is 0.222. The molecule has 136 valence electrons. The second-order valence-electron chi connectivity index (χ2n) is 5.45. The first kappa shape index (κ1) is 18.4. The van der Waals surface area contributed by atoms with Gasteiger partial charge in [-0.25, -0.2) is 0 Å². The number of fused-ring (bicyclic) bond motifs is 1. The molecule has 0 fully saturated rings. The Balaban J connectivity index is 1.37. The molecular formula is C18H17ClN2O4S. The zero-order valence-corrected chi connectivity index (χ0v) is 15.3. The van der Waals surface area contributed by atoms with Gasteiger partial charge < -0.3 is 9.47 Å². The molecule has 0 aliphatic carbocycles. The number of hydrogen-bond acceptors (Lipinski definition) is 5. The highest BCUT2D eigenvalue weighted by Crippen LogP contribution is 2.30. The standard InChI is InChI=1S/C18H17ClN2O4S/c19-12-5-7-13(8-6-12)26-10-9-17(22)20-21-18(23)16-11-24-14-3-1-2-4-15(14)25-16/h1-8,16H,9-11H2,(H,20,22)(H,21,23)/t16-/m1/s1. The molecule has 26 heavy (non-hydrogen) atoms. The predicted octanol–water partition coefficient (Wildman–Crippen LogP) is 2.81. The third-order valence-corrected chi connectivity index (χ3v) is 4.80. The maximum absolute atomic E-state index is 12.1. The van der Waals surface area contributed by atoms with Crippen LogP contribution >= 0.6 is 23.4 Å². The predicted molar refractivity (Wildman–Crippen MR) is 99.4 cm³/mol. The monoisotopic (exact) mass is 392 g/mol. The topological polar surface area (TPSA) is 76.7 Å². The van der Waals surface area contributed by atoms with Crippen molar-refractivity contribution < 1.29 is 19.1 Å². The summed E-state index contributed by atoms with van der Waals surface area (Å²) in [5.41, 5.74) is 4.76. The number of amides is 2. The van der Waals surface area contributed by atoms with E-state index in [1.807, 2.05) is 18.2 Å². The summed E-state index contributed by atoms with van der Waals surface area (Å²) < 4.78 is 11.0. The van der Waals surface area contributed by atoms with Crippen LogP contribution < -0.4 is 20.3 Å². The summed E-state index contributed by atoms with van der Waals surface area (Å²) in [6.45, 7) is 0.0884. The van der Waals surface area contributed by atoms with Crippen molar-refractivity contribution in [3.63, 3.8) is 0 Å². The van der Waals surface area contributed by atoms with E-state index in [2.05, 4.69) is 10.9 Å². The average Bonchev–Trinajstić information content (AvgIpc) is 2.67. The maximum Gasteiger partial charge on any atom is 0.283 e. The van der Waals surface area contributed by atoms with E-state index in [0.717, 1.165) is 4.90 Å². The Hall–Kier alpha value is -2.38. The van der Waals surface area contributed by atoms with E-state index in [1.54, 1.807) is 30.3 Å². The molecule has 1 atom stereocenters. The van der Waals surface area contributed by atoms with Crippen molar-refractivity contribution in [2.24, 2.45) is 0 Å². The van der Waals surface area contributed by atoms with Crippen molar-refractivity contribution in [2.45, 2.75) is 17.4 Å². The molecule has 6 nitrogen and oxygen atoms in total. The van der Waals surface area contributed by atoms with E-state index in [1.165, 1.54) is 11.8 Å². The summed E-state index contributed by atoms with van der Waals surface area (Å²) in [5, 5.41) is 0.673. The molecule has 0 spiro atoms. The van der Waals surface area contributed by atoms with Crippen LogP contribution in [0.25, 0.3) is 0 Å². The summed E-state index contributed by atoms with van der Waals surface area (Å²) in [5.74, 6) is 0.944. The number of ether oxygens (including phenoxy) is 2. The molecule has 0 aromatic heterocycles. The Morgan fingerprint density at radius 3 is 2.58 bits per heavy atom. The number of benzene rings is 2. The van der Waals surface area contributed by atoms with E-state index < -0.39 is 12.0 Å². The highest BCUT2D eigenvalue weighted by molar-refractivity contribution is 7.99. The molecule has 2 N–H and O–H groups in total. The molecular weight excluding hydrogens is 376 g/mol. The minimum Gasteiger partial charge on any atom is -0.485 e. The van der Waals surface area contributed by atoms with Gasteiger partial charge in [-0.1, -0.05) is 23.7 Å². The van der Waals surface area contributed by atoms with Crippen LogP contribution in [0, 0.1) is 0 Å². The summed E-state index contributed by atoms with van der Waals surface area (Å²) >= 11 is 7.36. The fourth-order valence-corrected chi connectivity index (χ4v) is 3.19. The third kappa shape index (κ3) is 5.06. The Morgan fingerprint density at radius 2 is 1.81 bits per heavy atom. The van der Waals surface area contributed by atoms with Crippen LogP contribution in [-0.4, -0.2) is 30.3 Å². The number of carbonyl (C=O) groups excluding carboxylic acids is 2. The van der Waals surface area contributed by atoms with Crippen LogP contribution in [0.2, 0.25) is 5.02 Å². The van der Waals surface area contributed by atoms with Crippen molar-refractivity contribution in [3.05, 3.63) is 53.6 Å². The maximum atomic E-state index is 12.1. The van der Waals surface area contributed by atoms with E-state index in [9.17, 15) is 9.59 Å². The molecule has 8 heteroatoms.